The molecule has 1 aromatic rings. The highest BCUT2D eigenvalue weighted by molar-refractivity contribution is 7.99. The van der Waals surface area contributed by atoms with Gasteiger partial charge in [0.05, 0.1) is 17.9 Å². The van der Waals surface area contributed by atoms with Crippen LogP contribution in [0.5, 0.6) is 0 Å². The largest absolute Gasteiger partial charge is 0.308 e. The van der Waals surface area contributed by atoms with Gasteiger partial charge in [0.15, 0.2) is 0 Å². The summed E-state index contributed by atoms with van der Waals surface area (Å²) in [7, 11) is 4.02. The molecule has 1 aliphatic rings. The van der Waals surface area contributed by atoms with E-state index in [1.54, 1.807) is 24.2 Å². The fourth-order valence-electron chi connectivity index (χ4n) is 1.92. The number of hydrogen-bond acceptors (Lipinski definition) is 5. The van der Waals surface area contributed by atoms with Gasteiger partial charge in [0.1, 0.15) is 0 Å². The van der Waals surface area contributed by atoms with E-state index in [-0.39, 0.29) is 49.2 Å². The van der Waals surface area contributed by atoms with Crippen LogP contribution in [0.1, 0.15) is 0 Å². The number of amides is 1. The van der Waals surface area contributed by atoms with Crippen LogP contribution in [0.3, 0.4) is 0 Å². The summed E-state index contributed by atoms with van der Waals surface area (Å²) in [5, 5.41) is 3.23. The molecule has 1 atom stereocenters. The number of hydrogen-bond donors (Lipinski definition) is 1. The zero-order chi connectivity index (χ0) is 13.7. The number of nitrogens with zero attached hydrogens (tertiary/aromatic N) is 3. The second kappa shape index (κ2) is 12.2. The van der Waals surface area contributed by atoms with Crippen molar-refractivity contribution in [1.29, 1.82) is 0 Å². The molecule has 1 unspecified atom stereocenters. The predicted molar refractivity (Wildman–Crippen MR) is 101 cm³/mol. The molecule has 1 amide bonds. The average molecular weight is 390 g/mol. The fraction of sp³-hybridized carbons (Fsp3) is 0.538. The van der Waals surface area contributed by atoms with E-state index in [2.05, 4.69) is 15.2 Å². The highest BCUT2D eigenvalue weighted by Gasteiger charge is 2.28. The molecular weight excluding hydrogens is 367 g/mol. The molecular formula is C13H23Cl3N4OS. The average Bonchev–Trinajstić information content (AvgIpc) is 2.93. The number of nitrogens with one attached hydrogen (secondary N) is 1. The lowest BCUT2D eigenvalue weighted by Gasteiger charge is -2.26. The molecule has 128 valence electrons. The quantitative estimate of drug-likeness (QED) is 0.833. The molecule has 0 aromatic carbocycles. The van der Waals surface area contributed by atoms with Crippen molar-refractivity contribution in [2.24, 2.45) is 0 Å². The number of likely N-dealkylation sites (N-methyl/N-ethyl adjacent to an activating group) is 1. The number of anilines is 1. The van der Waals surface area contributed by atoms with Gasteiger partial charge in [-0.15, -0.1) is 49.0 Å². The van der Waals surface area contributed by atoms with Gasteiger partial charge in [-0.05, 0) is 26.2 Å². The maximum absolute atomic E-state index is 12.6. The van der Waals surface area contributed by atoms with Crippen molar-refractivity contribution < 1.29 is 4.79 Å². The van der Waals surface area contributed by atoms with Crippen molar-refractivity contribution in [2.75, 3.05) is 43.7 Å². The Labute approximate surface area is 154 Å². The van der Waals surface area contributed by atoms with Gasteiger partial charge in [0.2, 0.25) is 5.91 Å². The van der Waals surface area contributed by atoms with Crippen molar-refractivity contribution in [2.45, 2.75) is 6.04 Å². The van der Waals surface area contributed by atoms with Gasteiger partial charge in [-0.3, -0.25) is 15.1 Å². The lowest BCUT2D eigenvalue weighted by molar-refractivity contribution is -0.119. The lowest BCUT2D eigenvalue weighted by atomic mass is 10.2. The first-order valence-electron chi connectivity index (χ1n) is 6.36. The van der Waals surface area contributed by atoms with E-state index in [1.165, 1.54) is 0 Å². The van der Waals surface area contributed by atoms with Crippen LogP contribution in [0.15, 0.2) is 24.5 Å². The normalized spacial score (nSPS) is 16.2. The Balaban J connectivity index is 0. The first kappa shape index (κ1) is 24.0. The summed E-state index contributed by atoms with van der Waals surface area (Å²) in [5.41, 5.74) is 0.869. The molecule has 5 nitrogen and oxygen atoms in total. The van der Waals surface area contributed by atoms with Crippen molar-refractivity contribution in [3.8, 4) is 0 Å². The molecule has 2 rings (SSSR count). The van der Waals surface area contributed by atoms with Gasteiger partial charge < -0.3 is 9.80 Å². The van der Waals surface area contributed by atoms with Gasteiger partial charge in [-0.25, -0.2) is 0 Å². The molecule has 0 bridgehead atoms. The Morgan fingerprint density at radius 2 is 2.09 bits per heavy atom. The second-order valence-corrected chi connectivity index (χ2v) is 5.81. The SMILES string of the molecule is CN(C)CCN(C(=O)C1CSCN1)c1cccnc1.Cl.Cl.Cl. The topological polar surface area (TPSA) is 48.5 Å². The first-order chi connectivity index (χ1) is 9.18. The molecule has 0 radical (unpaired) electrons. The first-order valence-corrected chi connectivity index (χ1v) is 7.51. The summed E-state index contributed by atoms with van der Waals surface area (Å²) in [4.78, 5) is 20.6. The van der Waals surface area contributed by atoms with Gasteiger partial charge in [0, 0.05) is 30.9 Å². The van der Waals surface area contributed by atoms with Gasteiger partial charge in [-0.1, -0.05) is 0 Å². The molecule has 1 aromatic heterocycles. The van der Waals surface area contributed by atoms with E-state index in [1.807, 2.05) is 31.1 Å². The highest BCUT2D eigenvalue weighted by atomic mass is 35.5. The standard InChI is InChI=1S/C13H20N4OS.3ClH/c1-16(2)6-7-17(11-4-3-5-14-8-11)13(18)12-9-19-10-15-12;;;/h3-5,8,12,15H,6-7,9-10H2,1-2H3;3*1H. The maximum Gasteiger partial charge on any atom is 0.245 e. The number of carbonyl (C=O) groups is 1. The monoisotopic (exact) mass is 388 g/mol. The lowest BCUT2D eigenvalue weighted by Crippen LogP contribution is -2.47. The maximum atomic E-state index is 12.6. The number of carbonyl (C=O) groups excluding carboxylic acids is 1. The Bertz CT molecular complexity index is 419. The summed E-state index contributed by atoms with van der Waals surface area (Å²) in [5.74, 6) is 1.84. The van der Waals surface area contributed by atoms with Crippen LogP contribution < -0.4 is 10.2 Å². The number of thioether (sulfide) groups is 1. The summed E-state index contributed by atoms with van der Waals surface area (Å²) >= 11 is 1.76. The minimum absolute atomic E-state index is 0. The molecule has 0 aliphatic carbocycles. The molecule has 0 saturated carbocycles. The summed E-state index contributed by atoms with van der Waals surface area (Å²) in [6.07, 6.45) is 3.47. The van der Waals surface area contributed by atoms with E-state index in [0.717, 1.165) is 23.9 Å². The van der Waals surface area contributed by atoms with E-state index >= 15 is 0 Å². The summed E-state index contributed by atoms with van der Waals surface area (Å²) < 4.78 is 0. The predicted octanol–water partition coefficient (Wildman–Crippen LogP) is 1.90. The molecule has 2 heterocycles. The minimum Gasteiger partial charge on any atom is -0.308 e. The number of aromatic nitrogens is 1. The smallest absolute Gasteiger partial charge is 0.245 e. The van der Waals surface area contributed by atoms with E-state index < -0.39 is 0 Å². The highest BCUT2D eigenvalue weighted by Crippen LogP contribution is 2.17. The van der Waals surface area contributed by atoms with Gasteiger partial charge in [0.25, 0.3) is 0 Å². The molecule has 1 aliphatic heterocycles. The van der Waals surface area contributed by atoms with Gasteiger partial charge in [-0.2, -0.15) is 0 Å². The van der Waals surface area contributed by atoms with Crippen molar-refractivity contribution in [3.05, 3.63) is 24.5 Å². The molecule has 9 heteroatoms. The zero-order valence-electron chi connectivity index (χ0n) is 12.6. The Hall–Kier alpha value is -0.240. The number of halogens is 3. The molecule has 1 N–H and O–H groups in total. The number of pyridine rings is 1. The van der Waals surface area contributed by atoms with Crippen LogP contribution in [-0.2, 0) is 4.79 Å². The molecule has 1 fully saturated rings. The third-order valence-corrected chi connectivity index (χ3v) is 3.95. The molecule has 0 spiro atoms. The zero-order valence-corrected chi connectivity index (χ0v) is 15.9. The third kappa shape index (κ3) is 6.89. The molecule has 1 saturated heterocycles. The van der Waals surface area contributed by atoms with Crippen molar-refractivity contribution in [3.63, 3.8) is 0 Å². The Kier molecular flexibility index (Phi) is 13.3. The van der Waals surface area contributed by atoms with Crippen LogP contribution in [0.2, 0.25) is 0 Å². The van der Waals surface area contributed by atoms with Crippen LogP contribution in [-0.4, -0.2) is 60.6 Å². The minimum atomic E-state index is -0.0765. The second-order valence-electron chi connectivity index (χ2n) is 4.78. The molecule has 22 heavy (non-hydrogen) atoms. The summed E-state index contributed by atoms with van der Waals surface area (Å²) in [6.45, 7) is 1.51. The Morgan fingerprint density at radius 1 is 1.36 bits per heavy atom. The van der Waals surface area contributed by atoms with E-state index in [4.69, 9.17) is 0 Å². The van der Waals surface area contributed by atoms with Crippen LogP contribution >= 0.6 is 49.0 Å². The van der Waals surface area contributed by atoms with E-state index in [0.29, 0.717) is 6.54 Å². The fourth-order valence-corrected chi connectivity index (χ4v) is 2.85. The van der Waals surface area contributed by atoms with Crippen LogP contribution in [0, 0.1) is 0 Å². The van der Waals surface area contributed by atoms with Crippen LogP contribution in [0.25, 0.3) is 0 Å². The van der Waals surface area contributed by atoms with Gasteiger partial charge >= 0.3 is 0 Å². The van der Waals surface area contributed by atoms with Crippen molar-refractivity contribution >= 4 is 60.6 Å². The third-order valence-electron chi connectivity index (χ3n) is 3.01. The van der Waals surface area contributed by atoms with Crippen molar-refractivity contribution in [1.82, 2.24) is 15.2 Å². The van der Waals surface area contributed by atoms with Crippen LogP contribution in [0.4, 0.5) is 5.69 Å². The van der Waals surface area contributed by atoms with E-state index in [9.17, 15) is 4.79 Å². The Morgan fingerprint density at radius 3 is 2.59 bits per heavy atom. The number of rotatable bonds is 5. The summed E-state index contributed by atoms with van der Waals surface area (Å²) in [6, 6.07) is 3.72.